The Bertz CT molecular complexity index is 1000. The number of halogens is 3. The van der Waals surface area contributed by atoms with E-state index in [-0.39, 0.29) is 11.4 Å². The van der Waals surface area contributed by atoms with Gasteiger partial charge in [-0.15, -0.1) is 0 Å². The lowest BCUT2D eigenvalue weighted by atomic mass is 10.2. The minimum Gasteiger partial charge on any atom is -0.353 e. The highest BCUT2D eigenvalue weighted by atomic mass is 19.4. The Balaban J connectivity index is 1.53. The monoisotopic (exact) mass is 387 g/mol. The summed E-state index contributed by atoms with van der Waals surface area (Å²) in [6.07, 6.45) is 0.109. The average Bonchev–Trinajstić information content (AvgIpc) is 2.72. The van der Waals surface area contributed by atoms with Crippen LogP contribution < -0.4 is 4.90 Å². The van der Waals surface area contributed by atoms with E-state index in [0.717, 1.165) is 6.07 Å². The normalized spacial score (nSPS) is 15.1. The van der Waals surface area contributed by atoms with Gasteiger partial charge in [-0.3, -0.25) is 9.78 Å². The number of carbonyl (C=O) groups excluding carboxylic acids is 1. The molecule has 1 fully saturated rings. The Morgan fingerprint density at radius 3 is 2.46 bits per heavy atom. The highest BCUT2D eigenvalue weighted by Crippen LogP contribution is 2.31. The summed E-state index contributed by atoms with van der Waals surface area (Å²) in [7, 11) is 0. The van der Waals surface area contributed by atoms with Gasteiger partial charge in [-0.05, 0) is 30.3 Å². The summed E-state index contributed by atoms with van der Waals surface area (Å²) in [5, 5.41) is 0.558. The highest BCUT2D eigenvalue weighted by Gasteiger charge is 2.33. The molecular weight excluding hydrogens is 371 g/mol. The first-order chi connectivity index (χ1) is 13.4. The summed E-state index contributed by atoms with van der Waals surface area (Å²) < 4.78 is 38.7. The Labute approximate surface area is 158 Å². The molecule has 4 rings (SSSR count). The van der Waals surface area contributed by atoms with Crippen molar-refractivity contribution in [2.24, 2.45) is 0 Å². The lowest BCUT2D eigenvalue weighted by Gasteiger charge is -2.35. The Morgan fingerprint density at radius 1 is 1.00 bits per heavy atom. The number of aromatic nitrogens is 3. The van der Waals surface area contributed by atoms with Gasteiger partial charge in [-0.25, -0.2) is 9.97 Å². The molecule has 9 heteroatoms. The zero-order valence-electron chi connectivity index (χ0n) is 14.7. The first-order valence-corrected chi connectivity index (χ1v) is 8.71. The van der Waals surface area contributed by atoms with E-state index in [9.17, 15) is 18.0 Å². The third-order valence-corrected chi connectivity index (χ3v) is 4.66. The molecule has 4 heterocycles. The van der Waals surface area contributed by atoms with Crippen LogP contribution in [-0.4, -0.2) is 51.9 Å². The van der Waals surface area contributed by atoms with Crippen molar-refractivity contribution in [3.63, 3.8) is 0 Å². The van der Waals surface area contributed by atoms with Crippen LogP contribution in [0.15, 0.2) is 48.9 Å². The first kappa shape index (κ1) is 18.1. The standard InChI is InChI=1S/C19H16F3N5O/c20-19(21,22)16-4-3-14-15(25-16)5-7-24-17(14)26-8-10-27(11-9-26)18(28)13-2-1-6-23-12-13/h1-7,12H,8-11H2. The molecule has 1 aliphatic heterocycles. The zero-order chi connectivity index (χ0) is 19.7. The van der Waals surface area contributed by atoms with Crippen LogP contribution in [0.1, 0.15) is 16.1 Å². The van der Waals surface area contributed by atoms with Crippen molar-refractivity contribution in [1.82, 2.24) is 19.9 Å². The predicted molar refractivity (Wildman–Crippen MR) is 96.9 cm³/mol. The van der Waals surface area contributed by atoms with Crippen LogP contribution in [0, 0.1) is 0 Å². The number of carbonyl (C=O) groups is 1. The molecule has 0 aliphatic carbocycles. The van der Waals surface area contributed by atoms with Crippen LogP contribution in [0.4, 0.5) is 19.0 Å². The number of rotatable bonds is 2. The minimum absolute atomic E-state index is 0.0879. The maximum absolute atomic E-state index is 12.9. The van der Waals surface area contributed by atoms with Gasteiger partial charge >= 0.3 is 6.18 Å². The van der Waals surface area contributed by atoms with Gasteiger partial charge < -0.3 is 9.80 Å². The Morgan fingerprint density at radius 2 is 1.79 bits per heavy atom. The summed E-state index contributed by atoms with van der Waals surface area (Å²) in [5.74, 6) is 0.488. The maximum atomic E-state index is 12.9. The maximum Gasteiger partial charge on any atom is 0.433 e. The molecule has 1 amide bonds. The SMILES string of the molecule is O=C(c1cccnc1)N1CCN(c2nccc3nc(C(F)(F)F)ccc23)CC1. The summed E-state index contributed by atoms with van der Waals surface area (Å²) in [6.45, 7) is 2.03. The molecule has 0 bridgehead atoms. The number of nitrogens with zero attached hydrogens (tertiary/aromatic N) is 5. The number of amides is 1. The topological polar surface area (TPSA) is 62.2 Å². The molecule has 28 heavy (non-hydrogen) atoms. The fourth-order valence-electron chi connectivity index (χ4n) is 3.24. The molecule has 3 aromatic rings. The molecule has 3 aromatic heterocycles. The van der Waals surface area contributed by atoms with E-state index in [1.54, 1.807) is 23.2 Å². The van der Waals surface area contributed by atoms with Crippen molar-refractivity contribution in [2.45, 2.75) is 6.18 Å². The molecular formula is C19H16F3N5O. The molecule has 1 aliphatic rings. The molecule has 0 unspecified atom stereocenters. The summed E-state index contributed by atoms with van der Waals surface area (Å²) in [6, 6.07) is 7.27. The van der Waals surface area contributed by atoms with Gasteiger partial charge in [0.15, 0.2) is 0 Å². The van der Waals surface area contributed by atoms with Crippen molar-refractivity contribution in [2.75, 3.05) is 31.1 Å². The summed E-state index contributed by atoms with van der Waals surface area (Å²) in [5.41, 5.74) is -0.152. The first-order valence-electron chi connectivity index (χ1n) is 8.71. The number of anilines is 1. The Kier molecular flexibility index (Phi) is 4.58. The molecule has 0 N–H and O–H groups in total. The van der Waals surface area contributed by atoms with Gasteiger partial charge in [-0.2, -0.15) is 13.2 Å². The number of hydrogen-bond acceptors (Lipinski definition) is 5. The van der Waals surface area contributed by atoms with Crippen molar-refractivity contribution < 1.29 is 18.0 Å². The molecule has 0 atom stereocenters. The van der Waals surface area contributed by atoms with Crippen LogP contribution in [0.5, 0.6) is 0 Å². The third kappa shape index (κ3) is 3.47. The minimum atomic E-state index is -4.49. The van der Waals surface area contributed by atoms with Crippen molar-refractivity contribution in [3.05, 3.63) is 60.2 Å². The third-order valence-electron chi connectivity index (χ3n) is 4.66. The number of piperazine rings is 1. The van der Waals surface area contributed by atoms with Gasteiger partial charge in [0, 0.05) is 50.2 Å². The summed E-state index contributed by atoms with van der Waals surface area (Å²) in [4.78, 5) is 28.2. The van der Waals surface area contributed by atoms with Gasteiger partial charge in [0.05, 0.1) is 11.1 Å². The zero-order valence-corrected chi connectivity index (χ0v) is 14.7. The molecule has 0 spiro atoms. The van der Waals surface area contributed by atoms with E-state index in [1.165, 1.54) is 24.5 Å². The molecule has 1 saturated heterocycles. The van der Waals surface area contributed by atoms with E-state index in [4.69, 9.17) is 0 Å². The van der Waals surface area contributed by atoms with Crippen molar-refractivity contribution >= 4 is 22.6 Å². The van der Waals surface area contributed by atoms with Crippen LogP contribution in [0.25, 0.3) is 10.9 Å². The lowest BCUT2D eigenvalue weighted by Crippen LogP contribution is -2.49. The molecule has 0 radical (unpaired) electrons. The Hall–Kier alpha value is -3.23. The second-order valence-electron chi connectivity index (χ2n) is 6.42. The van der Waals surface area contributed by atoms with Crippen LogP contribution in [0.3, 0.4) is 0 Å². The van der Waals surface area contributed by atoms with Crippen molar-refractivity contribution in [3.8, 4) is 0 Å². The fourth-order valence-corrected chi connectivity index (χ4v) is 3.24. The smallest absolute Gasteiger partial charge is 0.353 e. The van der Waals surface area contributed by atoms with Crippen molar-refractivity contribution in [1.29, 1.82) is 0 Å². The van der Waals surface area contributed by atoms with E-state index in [2.05, 4.69) is 15.0 Å². The van der Waals surface area contributed by atoms with E-state index < -0.39 is 11.9 Å². The van der Waals surface area contributed by atoms with Gasteiger partial charge in [0.2, 0.25) is 0 Å². The predicted octanol–water partition coefficient (Wildman–Crippen LogP) is 3.01. The fraction of sp³-hybridized carbons (Fsp3) is 0.263. The van der Waals surface area contributed by atoms with Crippen LogP contribution >= 0.6 is 0 Å². The number of alkyl halides is 3. The number of fused-ring (bicyclic) bond motifs is 1. The molecule has 6 nitrogen and oxygen atoms in total. The second-order valence-corrected chi connectivity index (χ2v) is 6.42. The molecule has 0 aromatic carbocycles. The largest absolute Gasteiger partial charge is 0.433 e. The molecule has 144 valence electrons. The number of pyridine rings is 3. The highest BCUT2D eigenvalue weighted by molar-refractivity contribution is 5.94. The van der Waals surface area contributed by atoms with Gasteiger partial charge in [0.25, 0.3) is 5.91 Å². The average molecular weight is 387 g/mol. The van der Waals surface area contributed by atoms with E-state index >= 15 is 0 Å². The molecule has 0 saturated carbocycles. The van der Waals surface area contributed by atoms with Gasteiger partial charge in [0.1, 0.15) is 11.5 Å². The van der Waals surface area contributed by atoms with E-state index in [0.29, 0.717) is 42.9 Å². The second kappa shape index (κ2) is 7.06. The van der Waals surface area contributed by atoms with Gasteiger partial charge in [-0.1, -0.05) is 0 Å². The van der Waals surface area contributed by atoms with Crippen LogP contribution in [0.2, 0.25) is 0 Å². The lowest BCUT2D eigenvalue weighted by molar-refractivity contribution is -0.140. The number of hydrogen-bond donors (Lipinski definition) is 0. The van der Waals surface area contributed by atoms with E-state index in [1.807, 2.05) is 4.90 Å². The quantitative estimate of drug-likeness (QED) is 0.677. The summed E-state index contributed by atoms with van der Waals surface area (Å²) >= 11 is 0. The van der Waals surface area contributed by atoms with Crippen LogP contribution in [-0.2, 0) is 6.18 Å².